The Bertz CT molecular complexity index is 655. The fourth-order valence-corrected chi connectivity index (χ4v) is 2.97. The van der Waals surface area contributed by atoms with E-state index in [-0.39, 0.29) is 6.54 Å². The maximum Gasteiger partial charge on any atom is 0.394 e. The predicted octanol–water partition coefficient (Wildman–Crippen LogP) is 3.40. The van der Waals surface area contributed by atoms with Crippen LogP contribution in [-0.2, 0) is 11.3 Å². The standard InChI is InChI=1S/C14H13Cl2F3N2O3/c15-8-2-1-7(11(16)3-8)4-20-13(24)21-5-9(12(22)23)10(6-21)14(17,18)19/h1-3,9-10H,4-6H2,(H,20,24)(H,22,23)/t9-,10-/m1/s1. The highest BCUT2D eigenvalue weighted by molar-refractivity contribution is 6.35. The van der Waals surface area contributed by atoms with Crippen LogP contribution < -0.4 is 5.32 Å². The van der Waals surface area contributed by atoms with Crippen molar-refractivity contribution in [2.45, 2.75) is 12.7 Å². The number of halogens is 5. The van der Waals surface area contributed by atoms with Crippen LogP contribution in [0.5, 0.6) is 0 Å². The topological polar surface area (TPSA) is 69.6 Å². The van der Waals surface area contributed by atoms with Gasteiger partial charge in [-0.2, -0.15) is 13.2 Å². The van der Waals surface area contributed by atoms with Crippen molar-refractivity contribution < 1.29 is 27.9 Å². The molecular weight excluding hydrogens is 372 g/mol. The number of nitrogens with zero attached hydrogens (tertiary/aromatic N) is 1. The number of carboxylic acid groups (broad SMARTS) is 1. The summed E-state index contributed by atoms with van der Waals surface area (Å²) in [5.41, 5.74) is 0.538. The van der Waals surface area contributed by atoms with Crippen molar-refractivity contribution in [2.75, 3.05) is 13.1 Å². The number of amides is 2. The van der Waals surface area contributed by atoms with Crippen molar-refractivity contribution in [3.05, 3.63) is 33.8 Å². The van der Waals surface area contributed by atoms with Gasteiger partial charge in [0.25, 0.3) is 0 Å². The number of carbonyl (C=O) groups excluding carboxylic acids is 1. The number of benzene rings is 1. The van der Waals surface area contributed by atoms with Crippen molar-refractivity contribution >= 4 is 35.2 Å². The number of carboxylic acids is 1. The molecule has 2 amide bonds. The molecule has 24 heavy (non-hydrogen) atoms. The number of likely N-dealkylation sites (tertiary alicyclic amines) is 1. The molecule has 1 aromatic carbocycles. The first kappa shape index (κ1) is 18.7. The largest absolute Gasteiger partial charge is 0.481 e. The highest BCUT2D eigenvalue weighted by Crippen LogP contribution is 2.37. The number of carbonyl (C=O) groups is 2. The molecule has 0 aromatic heterocycles. The zero-order chi connectivity index (χ0) is 18.1. The molecule has 1 fully saturated rings. The van der Waals surface area contributed by atoms with Gasteiger partial charge >= 0.3 is 18.2 Å². The highest BCUT2D eigenvalue weighted by atomic mass is 35.5. The summed E-state index contributed by atoms with van der Waals surface area (Å²) in [4.78, 5) is 23.9. The van der Waals surface area contributed by atoms with Gasteiger partial charge in [0.15, 0.2) is 0 Å². The Balaban J connectivity index is 2.01. The summed E-state index contributed by atoms with van der Waals surface area (Å²) >= 11 is 11.7. The average molecular weight is 385 g/mol. The highest BCUT2D eigenvalue weighted by Gasteiger charge is 2.53. The van der Waals surface area contributed by atoms with Crippen LogP contribution >= 0.6 is 23.2 Å². The quantitative estimate of drug-likeness (QED) is 0.838. The number of nitrogens with one attached hydrogen (secondary N) is 1. The van der Waals surface area contributed by atoms with Gasteiger partial charge in [-0.05, 0) is 17.7 Å². The number of alkyl halides is 3. The average Bonchev–Trinajstić information content (AvgIpc) is 2.91. The minimum atomic E-state index is -4.68. The smallest absolute Gasteiger partial charge is 0.394 e. The molecule has 1 aliphatic heterocycles. The molecule has 132 valence electrons. The molecule has 2 rings (SSSR count). The molecule has 1 heterocycles. The Morgan fingerprint density at radius 2 is 1.96 bits per heavy atom. The van der Waals surface area contributed by atoms with Crippen LogP contribution in [0.1, 0.15) is 5.56 Å². The molecule has 10 heteroatoms. The van der Waals surface area contributed by atoms with Crippen molar-refractivity contribution in [1.29, 1.82) is 0 Å². The van der Waals surface area contributed by atoms with Gasteiger partial charge in [-0.15, -0.1) is 0 Å². The second-order valence-electron chi connectivity index (χ2n) is 5.39. The predicted molar refractivity (Wildman–Crippen MR) is 80.9 cm³/mol. The lowest BCUT2D eigenvalue weighted by Crippen LogP contribution is -2.39. The van der Waals surface area contributed by atoms with Crippen molar-refractivity contribution in [2.24, 2.45) is 11.8 Å². The summed E-state index contributed by atoms with van der Waals surface area (Å²) in [6, 6.07) is 3.83. The minimum absolute atomic E-state index is 0.0141. The molecule has 0 bridgehead atoms. The third-order valence-corrected chi connectivity index (χ3v) is 4.38. The molecule has 0 spiro atoms. The maximum absolute atomic E-state index is 12.9. The van der Waals surface area contributed by atoms with E-state index in [2.05, 4.69) is 5.32 Å². The molecule has 1 saturated heterocycles. The van der Waals surface area contributed by atoms with E-state index in [9.17, 15) is 22.8 Å². The SMILES string of the molecule is O=C(O)[C@@H]1CN(C(=O)NCc2ccc(Cl)cc2Cl)C[C@H]1C(F)(F)F. The summed E-state index contributed by atoms with van der Waals surface area (Å²) in [6.45, 7) is -1.21. The van der Waals surface area contributed by atoms with Crippen LogP contribution in [0, 0.1) is 11.8 Å². The molecule has 5 nitrogen and oxygen atoms in total. The van der Waals surface area contributed by atoms with Crippen LogP contribution in [0.15, 0.2) is 18.2 Å². The molecule has 1 aliphatic rings. The lowest BCUT2D eigenvalue weighted by atomic mass is 9.96. The minimum Gasteiger partial charge on any atom is -0.481 e. The van der Waals surface area contributed by atoms with Crippen molar-refractivity contribution in [1.82, 2.24) is 10.2 Å². The molecule has 0 unspecified atom stereocenters. The maximum atomic E-state index is 12.9. The van der Waals surface area contributed by atoms with Gasteiger partial charge in [0.2, 0.25) is 0 Å². The molecule has 0 radical (unpaired) electrons. The first-order valence-corrected chi connectivity index (χ1v) is 7.61. The van der Waals surface area contributed by atoms with E-state index < -0.39 is 43.1 Å². The normalized spacial score (nSPS) is 21.0. The summed E-state index contributed by atoms with van der Waals surface area (Å²) < 4.78 is 38.7. The fraction of sp³-hybridized carbons (Fsp3) is 0.429. The molecule has 0 saturated carbocycles. The Morgan fingerprint density at radius 1 is 1.29 bits per heavy atom. The summed E-state index contributed by atoms with van der Waals surface area (Å²) in [5.74, 6) is -5.33. The van der Waals surface area contributed by atoms with E-state index >= 15 is 0 Å². The molecule has 1 aromatic rings. The van der Waals surface area contributed by atoms with Crippen molar-refractivity contribution in [3.63, 3.8) is 0 Å². The Morgan fingerprint density at radius 3 is 2.46 bits per heavy atom. The zero-order valence-electron chi connectivity index (χ0n) is 12.1. The van der Waals surface area contributed by atoms with Gasteiger partial charge in [0.05, 0.1) is 11.8 Å². The van der Waals surface area contributed by atoms with E-state index in [1.807, 2.05) is 0 Å². The van der Waals surface area contributed by atoms with Gasteiger partial charge < -0.3 is 15.3 Å². The van der Waals surface area contributed by atoms with E-state index in [1.54, 1.807) is 12.1 Å². The van der Waals surface area contributed by atoms with Gasteiger partial charge in [-0.3, -0.25) is 4.79 Å². The van der Waals surface area contributed by atoms with Crippen LogP contribution in [0.2, 0.25) is 10.0 Å². The van der Waals surface area contributed by atoms with Crippen LogP contribution in [0.3, 0.4) is 0 Å². The summed E-state index contributed by atoms with van der Waals surface area (Å²) in [7, 11) is 0. The Labute approximate surface area is 145 Å². The van der Waals surface area contributed by atoms with Crippen LogP contribution in [-0.4, -0.2) is 41.3 Å². The molecular formula is C14H13Cl2F3N2O3. The van der Waals surface area contributed by atoms with Crippen LogP contribution in [0.4, 0.5) is 18.0 Å². The third kappa shape index (κ3) is 4.24. The Hall–Kier alpha value is -1.67. The van der Waals surface area contributed by atoms with Crippen LogP contribution in [0.25, 0.3) is 0 Å². The van der Waals surface area contributed by atoms with Crippen molar-refractivity contribution in [3.8, 4) is 0 Å². The summed E-state index contributed by atoms with van der Waals surface area (Å²) in [6.07, 6.45) is -4.68. The van der Waals surface area contributed by atoms with E-state index in [0.29, 0.717) is 15.6 Å². The Kier molecular flexibility index (Phi) is 5.49. The molecule has 2 atom stereocenters. The number of aliphatic carboxylic acids is 1. The zero-order valence-corrected chi connectivity index (χ0v) is 13.6. The second kappa shape index (κ2) is 7.06. The van der Waals surface area contributed by atoms with E-state index in [1.165, 1.54) is 6.07 Å². The number of rotatable bonds is 3. The number of urea groups is 1. The second-order valence-corrected chi connectivity index (χ2v) is 6.24. The van der Waals surface area contributed by atoms with E-state index in [0.717, 1.165) is 4.90 Å². The number of hydrogen-bond donors (Lipinski definition) is 2. The lowest BCUT2D eigenvalue weighted by Gasteiger charge is -2.19. The third-order valence-electron chi connectivity index (χ3n) is 3.79. The van der Waals surface area contributed by atoms with E-state index in [4.69, 9.17) is 28.3 Å². The van der Waals surface area contributed by atoms with Gasteiger partial charge in [0.1, 0.15) is 0 Å². The van der Waals surface area contributed by atoms with Gasteiger partial charge in [0, 0.05) is 29.7 Å². The first-order valence-electron chi connectivity index (χ1n) is 6.86. The monoisotopic (exact) mass is 384 g/mol. The lowest BCUT2D eigenvalue weighted by molar-refractivity contribution is -0.187. The number of hydrogen-bond acceptors (Lipinski definition) is 2. The summed E-state index contributed by atoms with van der Waals surface area (Å²) in [5, 5.41) is 12.1. The fourth-order valence-electron chi connectivity index (χ4n) is 2.50. The van der Waals surface area contributed by atoms with Gasteiger partial charge in [-0.1, -0.05) is 29.3 Å². The molecule has 2 N–H and O–H groups in total. The molecule has 0 aliphatic carbocycles. The first-order chi connectivity index (χ1) is 11.1. The van der Waals surface area contributed by atoms with Gasteiger partial charge in [-0.25, -0.2) is 4.79 Å².